The third kappa shape index (κ3) is 4.70. The maximum atomic E-state index is 12.5. The molecule has 0 aromatic heterocycles. The number of hydrogen-bond donors (Lipinski definition) is 1. The molecule has 154 valence electrons. The average molecular weight is 400 g/mol. The second-order valence-corrected chi connectivity index (χ2v) is 6.49. The summed E-state index contributed by atoms with van der Waals surface area (Å²) in [5, 5.41) is 9.59. The molecular weight excluding hydrogens is 376 g/mol. The van der Waals surface area contributed by atoms with Gasteiger partial charge in [-0.1, -0.05) is 12.1 Å². The molecule has 29 heavy (non-hydrogen) atoms. The Balaban J connectivity index is 1.78. The van der Waals surface area contributed by atoms with Crippen molar-refractivity contribution >= 4 is 5.97 Å². The Morgan fingerprint density at radius 2 is 1.97 bits per heavy atom. The van der Waals surface area contributed by atoms with Gasteiger partial charge in [-0.3, -0.25) is 0 Å². The summed E-state index contributed by atoms with van der Waals surface area (Å²) in [6.07, 6.45) is 0.414. The number of esters is 1. The van der Waals surface area contributed by atoms with Crippen molar-refractivity contribution in [3.63, 3.8) is 0 Å². The highest BCUT2D eigenvalue weighted by molar-refractivity contribution is 5.92. The van der Waals surface area contributed by atoms with Crippen LogP contribution in [0.5, 0.6) is 5.75 Å². The quantitative estimate of drug-likeness (QED) is 0.695. The summed E-state index contributed by atoms with van der Waals surface area (Å²) in [6.45, 7) is 5.23. The number of ether oxygens (including phenoxy) is 5. The topological polar surface area (TPSA) is 113 Å². The van der Waals surface area contributed by atoms with E-state index in [0.29, 0.717) is 43.3 Å². The molecule has 1 saturated heterocycles. The smallest absolute Gasteiger partial charge is 0.338 e. The first-order chi connectivity index (χ1) is 14.0. The molecule has 2 heterocycles. The monoisotopic (exact) mass is 400 g/mol. The molecular formula is C21H24N2O6. The molecule has 0 bridgehead atoms. The van der Waals surface area contributed by atoms with E-state index in [4.69, 9.17) is 29.4 Å². The fraction of sp³-hybridized carbons (Fsp3) is 0.429. The Morgan fingerprint density at radius 1 is 1.28 bits per heavy atom. The largest absolute Gasteiger partial charge is 0.493 e. The fourth-order valence-corrected chi connectivity index (χ4v) is 3.29. The Hall–Kier alpha value is -3.02. The summed E-state index contributed by atoms with van der Waals surface area (Å²) in [4.78, 5) is 12.5. The van der Waals surface area contributed by atoms with E-state index in [1.807, 2.05) is 0 Å². The van der Waals surface area contributed by atoms with Crippen LogP contribution in [0.4, 0.5) is 0 Å². The first-order valence-electron chi connectivity index (χ1n) is 9.46. The van der Waals surface area contributed by atoms with Gasteiger partial charge in [0.05, 0.1) is 37.9 Å². The van der Waals surface area contributed by atoms with Crippen molar-refractivity contribution in [2.45, 2.75) is 32.5 Å². The molecule has 2 aliphatic heterocycles. The second-order valence-electron chi connectivity index (χ2n) is 6.49. The zero-order valence-electron chi connectivity index (χ0n) is 16.5. The van der Waals surface area contributed by atoms with Crippen molar-refractivity contribution in [3.05, 3.63) is 52.6 Å². The van der Waals surface area contributed by atoms with Crippen LogP contribution in [0.1, 0.15) is 31.7 Å². The van der Waals surface area contributed by atoms with Gasteiger partial charge in [-0.15, -0.1) is 0 Å². The number of rotatable bonds is 7. The van der Waals surface area contributed by atoms with Gasteiger partial charge in [-0.2, -0.15) is 5.26 Å². The summed E-state index contributed by atoms with van der Waals surface area (Å²) >= 11 is 0. The Morgan fingerprint density at radius 3 is 2.59 bits per heavy atom. The molecule has 1 unspecified atom stereocenters. The molecule has 0 saturated carbocycles. The van der Waals surface area contributed by atoms with E-state index in [1.165, 1.54) is 0 Å². The highest BCUT2D eigenvalue weighted by Gasteiger charge is 2.36. The summed E-state index contributed by atoms with van der Waals surface area (Å²) in [5.74, 6) is -0.233. The molecule has 2 N–H and O–H groups in total. The number of nitriles is 1. The Labute approximate surface area is 169 Å². The van der Waals surface area contributed by atoms with Gasteiger partial charge in [0.25, 0.3) is 0 Å². The summed E-state index contributed by atoms with van der Waals surface area (Å²) in [6, 6.07) is 9.22. The van der Waals surface area contributed by atoms with E-state index in [-0.39, 0.29) is 29.9 Å². The summed E-state index contributed by atoms with van der Waals surface area (Å²) < 4.78 is 27.1. The van der Waals surface area contributed by atoms with Gasteiger partial charge in [0.2, 0.25) is 5.88 Å². The van der Waals surface area contributed by atoms with Crippen LogP contribution in [-0.2, 0) is 23.7 Å². The van der Waals surface area contributed by atoms with Crippen LogP contribution in [0.3, 0.4) is 0 Å². The van der Waals surface area contributed by atoms with E-state index >= 15 is 0 Å². The number of nitrogens with zero attached hydrogens (tertiary/aromatic N) is 1. The van der Waals surface area contributed by atoms with Crippen molar-refractivity contribution in [2.75, 3.05) is 26.4 Å². The molecule has 0 spiro atoms. The van der Waals surface area contributed by atoms with Crippen molar-refractivity contribution < 1.29 is 28.5 Å². The van der Waals surface area contributed by atoms with Gasteiger partial charge in [0, 0.05) is 6.42 Å². The van der Waals surface area contributed by atoms with Gasteiger partial charge >= 0.3 is 5.97 Å². The maximum Gasteiger partial charge on any atom is 0.338 e. The zero-order valence-corrected chi connectivity index (χ0v) is 16.5. The zero-order chi connectivity index (χ0) is 20.8. The number of nitrogens with two attached hydrogens (primary N) is 1. The van der Waals surface area contributed by atoms with E-state index < -0.39 is 11.9 Å². The van der Waals surface area contributed by atoms with Crippen LogP contribution in [0, 0.1) is 11.3 Å². The fourth-order valence-electron chi connectivity index (χ4n) is 3.29. The second kappa shape index (κ2) is 9.45. The Kier molecular flexibility index (Phi) is 6.75. The van der Waals surface area contributed by atoms with Crippen molar-refractivity contribution in [1.82, 2.24) is 0 Å². The van der Waals surface area contributed by atoms with Gasteiger partial charge in [0.1, 0.15) is 23.2 Å². The van der Waals surface area contributed by atoms with Crippen LogP contribution >= 0.6 is 0 Å². The molecule has 1 aromatic carbocycles. The van der Waals surface area contributed by atoms with Gasteiger partial charge in [-0.05, 0) is 31.5 Å². The van der Waals surface area contributed by atoms with E-state index in [2.05, 4.69) is 6.07 Å². The van der Waals surface area contributed by atoms with Crippen molar-refractivity contribution in [3.8, 4) is 11.8 Å². The predicted octanol–water partition coefficient (Wildman–Crippen LogP) is 2.47. The van der Waals surface area contributed by atoms with Gasteiger partial charge in [-0.25, -0.2) is 4.79 Å². The lowest BCUT2D eigenvalue weighted by Crippen LogP contribution is -2.25. The van der Waals surface area contributed by atoms with Crippen LogP contribution in [-0.4, -0.2) is 38.7 Å². The molecule has 8 nitrogen and oxygen atoms in total. The third-order valence-electron chi connectivity index (χ3n) is 4.63. The minimum atomic E-state index is -0.665. The molecule has 2 aliphatic rings. The minimum absolute atomic E-state index is 0.0139. The molecule has 8 heteroatoms. The summed E-state index contributed by atoms with van der Waals surface area (Å²) in [5.41, 5.74) is 7.05. The average Bonchev–Trinajstić information content (AvgIpc) is 3.21. The first-order valence-corrected chi connectivity index (χ1v) is 9.46. The highest BCUT2D eigenvalue weighted by atomic mass is 16.7. The van der Waals surface area contributed by atoms with E-state index in [1.54, 1.807) is 38.1 Å². The lowest BCUT2D eigenvalue weighted by Gasteiger charge is -2.26. The molecule has 3 rings (SSSR count). The molecule has 1 fully saturated rings. The molecule has 1 atom stereocenters. The van der Waals surface area contributed by atoms with Crippen LogP contribution in [0.15, 0.2) is 47.1 Å². The third-order valence-corrected chi connectivity index (χ3v) is 4.63. The van der Waals surface area contributed by atoms with Crippen molar-refractivity contribution in [1.29, 1.82) is 5.26 Å². The minimum Gasteiger partial charge on any atom is -0.493 e. The Bertz CT molecular complexity index is 847. The lowest BCUT2D eigenvalue weighted by molar-refractivity contribution is -0.139. The predicted molar refractivity (Wildman–Crippen MR) is 102 cm³/mol. The number of allylic oxidation sites excluding steroid dienone is 2. The van der Waals surface area contributed by atoms with Gasteiger partial charge in [0.15, 0.2) is 6.29 Å². The summed E-state index contributed by atoms with van der Waals surface area (Å²) in [7, 11) is 0. The highest BCUT2D eigenvalue weighted by Crippen LogP contribution is 2.39. The molecule has 0 aliphatic carbocycles. The number of carbonyl (C=O) groups excluding carboxylic acids is 1. The SMILES string of the molecule is CCOC(=O)C1=C(C)OC(N)=C(C#N)C1c1ccc(OCCC2OCCO2)cc1. The standard InChI is InChI=1S/C21H24N2O6/c1-3-25-21(24)18-13(2)29-20(23)16(12-22)19(18)14-4-6-15(7-5-14)26-9-8-17-27-10-11-28-17/h4-7,17,19H,3,8-11,23H2,1-2H3. The number of benzene rings is 1. The van der Waals surface area contributed by atoms with Crippen molar-refractivity contribution in [2.24, 2.45) is 5.73 Å². The van der Waals surface area contributed by atoms with E-state index in [0.717, 1.165) is 0 Å². The lowest BCUT2D eigenvalue weighted by atomic mass is 9.83. The molecule has 0 radical (unpaired) electrons. The molecule has 1 aromatic rings. The van der Waals surface area contributed by atoms with Crippen LogP contribution in [0.2, 0.25) is 0 Å². The number of hydrogen-bond acceptors (Lipinski definition) is 8. The molecule has 0 amide bonds. The number of carbonyl (C=O) groups is 1. The first kappa shape index (κ1) is 20.7. The van der Waals surface area contributed by atoms with Gasteiger partial charge < -0.3 is 29.4 Å². The maximum absolute atomic E-state index is 12.5. The van der Waals surface area contributed by atoms with E-state index in [9.17, 15) is 10.1 Å². The normalized spacial score (nSPS) is 19.7. The van der Waals surface area contributed by atoms with Crippen LogP contribution < -0.4 is 10.5 Å². The van der Waals surface area contributed by atoms with Crippen LogP contribution in [0.25, 0.3) is 0 Å².